The molecule has 5 nitrogen and oxygen atoms in total. The van der Waals surface area contributed by atoms with Gasteiger partial charge in [0.2, 0.25) is 0 Å². The number of halogens is 1. The van der Waals surface area contributed by atoms with Gasteiger partial charge in [-0.15, -0.1) is 0 Å². The first-order valence-electron chi connectivity index (χ1n) is 7.94. The molecule has 0 bridgehead atoms. The van der Waals surface area contributed by atoms with Crippen LogP contribution in [0.5, 0.6) is 5.75 Å². The maximum Gasteiger partial charge on any atom is 0.270 e. The lowest BCUT2D eigenvalue weighted by atomic mass is 10.1. The summed E-state index contributed by atoms with van der Waals surface area (Å²) in [7, 11) is 3.31. The standard InChI is InChI=1S/C19H20FN3O2/c1-11-9-21-17(12(2)18(11)25-4)10-23(3)19(24)16-8-13-14(20)6-5-7-15(13)22-16/h5-9,22H,10H2,1-4H3. The Balaban J connectivity index is 1.86. The average Bonchev–Trinajstić information content (AvgIpc) is 3.03. The quantitative estimate of drug-likeness (QED) is 0.789. The predicted octanol–water partition coefficient (Wildman–Crippen LogP) is 3.60. The Morgan fingerprint density at radius 2 is 2.12 bits per heavy atom. The van der Waals surface area contributed by atoms with Gasteiger partial charge in [-0.1, -0.05) is 6.07 Å². The van der Waals surface area contributed by atoms with E-state index in [0.29, 0.717) is 23.1 Å². The van der Waals surface area contributed by atoms with E-state index in [9.17, 15) is 9.18 Å². The number of hydrogen-bond acceptors (Lipinski definition) is 3. The van der Waals surface area contributed by atoms with Gasteiger partial charge in [0.05, 0.1) is 19.3 Å². The second-order valence-corrected chi connectivity index (χ2v) is 6.09. The van der Waals surface area contributed by atoms with E-state index in [4.69, 9.17) is 4.74 Å². The van der Waals surface area contributed by atoms with E-state index in [1.54, 1.807) is 43.5 Å². The number of carbonyl (C=O) groups is 1. The summed E-state index contributed by atoms with van der Waals surface area (Å²) >= 11 is 0. The van der Waals surface area contributed by atoms with Crippen molar-refractivity contribution >= 4 is 16.8 Å². The zero-order valence-electron chi connectivity index (χ0n) is 14.7. The first kappa shape index (κ1) is 17.0. The van der Waals surface area contributed by atoms with Crippen LogP contribution in [0.4, 0.5) is 4.39 Å². The number of nitrogens with one attached hydrogen (secondary N) is 1. The molecule has 3 rings (SSSR count). The Morgan fingerprint density at radius 3 is 2.80 bits per heavy atom. The lowest BCUT2D eigenvalue weighted by Crippen LogP contribution is -2.27. The number of amides is 1. The van der Waals surface area contributed by atoms with Crippen LogP contribution < -0.4 is 4.74 Å². The normalized spacial score (nSPS) is 10.9. The number of aryl methyl sites for hydroxylation is 1. The van der Waals surface area contributed by atoms with Gasteiger partial charge in [-0.2, -0.15) is 0 Å². The summed E-state index contributed by atoms with van der Waals surface area (Å²) in [6.45, 7) is 4.18. The van der Waals surface area contributed by atoms with Crippen LogP contribution in [-0.4, -0.2) is 34.9 Å². The van der Waals surface area contributed by atoms with E-state index in [1.165, 1.54) is 6.07 Å². The maximum absolute atomic E-state index is 13.8. The molecule has 0 saturated carbocycles. The zero-order chi connectivity index (χ0) is 18.1. The summed E-state index contributed by atoms with van der Waals surface area (Å²) in [4.78, 5) is 21.6. The number of hydrogen-bond donors (Lipinski definition) is 1. The molecule has 2 aromatic heterocycles. The van der Waals surface area contributed by atoms with Crippen molar-refractivity contribution in [1.29, 1.82) is 0 Å². The summed E-state index contributed by atoms with van der Waals surface area (Å²) in [5.74, 6) is 0.200. The summed E-state index contributed by atoms with van der Waals surface area (Å²) in [6.07, 6.45) is 1.73. The zero-order valence-corrected chi connectivity index (χ0v) is 14.7. The second-order valence-electron chi connectivity index (χ2n) is 6.09. The number of methoxy groups -OCH3 is 1. The minimum Gasteiger partial charge on any atom is -0.496 e. The van der Waals surface area contributed by atoms with Gasteiger partial charge in [-0.05, 0) is 32.0 Å². The lowest BCUT2D eigenvalue weighted by Gasteiger charge is -2.19. The smallest absolute Gasteiger partial charge is 0.270 e. The van der Waals surface area contributed by atoms with Crippen LogP contribution in [-0.2, 0) is 6.54 Å². The molecule has 1 aromatic carbocycles. The van der Waals surface area contributed by atoms with Gasteiger partial charge in [0, 0.05) is 35.3 Å². The number of fused-ring (bicyclic) bond motifs is 1. The molecule has 0 fully saturated rings. The molecule has 130 valence electrons. The van der Waals surface area contributed by atoms with Crippen molar-refractivity contribution < 1.29 is 13.9 Å². The van der Waals surface area contributed by atoms with Crippen molar-refractivity contribution in [3.63, 3.8) is 0 Å². The van der Waals surface area contributed by atoms with Crippen LogP contribution in [0.2, 0.25) is 0 Å². The Kier molecular flexibility index (Phi) is 4.44. The number of rotatable bonds is 4. The van der Waals surface area contributed by atoms with Crippen LogP contribution in [0.15, 0.2) is 30.5 Å². The van der Waals surface area contributed by atoms with Gasteiger partial charge in [0.25, 0.3) is 5.91 Å². The third-order valence-electron chi connectivity index (χ3n) is 4.32. The number of pyridine rings is 1. The third-order valence-corrected chi connectivity index (χ3v) is 4.32. The Bertz CT molecular complexity index is 949. The van der Waals surface area contributed by atoms with Crippen molar-refractivity contribution in [2.75, 3.05) is 14.2 Å². The molecule has 0 aliphatic heterocycles. The molecule has 6 heteroatoms. The van der Waals surface area contributed by atoms with Gasteiger partial charge < -0.3 is 14.6 Å². The molecule has 0 aliphatic carbocycles. The molecule has 0 unspecified atom stereocenters. The first-order chi connectivity index (χ1) is 11.9. The van der Waals surface area contributed by atoms with Gasteiger partial charge in [-0.3, -0.25) is 9.78 Å². The fraction of sp³-hybridized carbons (Fsp3) is 0.263. The van der Waals surface area contributed by atoms with Crippen molar-refractivity contribution in [2.45, 2.75) is 20.4 Å². The number of carbonyl (C=O) groups excluding carboxylic acids is 1. The lowest BCUT2D eigenvalue weighted by molar-refractivity contribution is 0.0778. The van der Waals surface area contributed by atoms with Crippen LogP contribution in [0, 0.1) is 19.7 Å². The van der Waals surface area contributed by atoms with E-state index < -0.39 is 0 Å². The topological polar surface area (TPSA) is 58.2 Å². The SMILES string of the molecule is COc1c(C)cnc(CN(C)C(=O)c2cc3c(F)cccc3[nH]2)c1C. The predicted molar refractivity (Wildman–Crippen MR) is 94.3 cm³/mol. The molecular weight excluding hydrogens is 321 g/mol. The molecule has 0 radical (unpaired) electrons. The van der Waals surface area contributed by atoms with Gasteiger partial charge in [-0.25, -0.2) is 4.39 Å². The van der Waals surface area contributed by atoms with Crippen LogP contribution in [0.1, 0.15) is 27.3 Å². The third kappa shape index (κ3) is 3.07. The van der Waals surface area contributed by atoms with E-state index in [1.807, 2.05) is 13.8 Å². The molecule has 1 N–H and O–H groups in total. The Labute approximate surface area is 145 Å². The van der Waals surface area contributed by atoms with Crippen molar-refractivity contribution in [2.24, 2.45) is 0 Å². The molecule has 3 aromatic rings. The number of H-pyrrole nitrogens is 1. The van der Waals surface area contributed by atoms with Gasteiger partial charge >= 0.3 is 0 Å². The highest BCUT2D eigenvalue weighted by Gasteiger charge is 2.18. The summed E-state index contributed by atoms with van der Waals surface area (Å²) < 4.78 is 19.2. The molecule has 0 aliphatic rings. The van der Waals surface area contributed by atoms with Crippen molar-refractivity contribution in [3.8, 4) is 5.75 Å². The highest BCUT2D eigenvalue weighted by Crippen LogP contribution is 2.25. The summed E-state index contributed by atoms with van der Waals surface area (Å²) in [5.41, 5.74) is 3.57. The Hall–Kier alpha value is -2.89. The summed E-state index contributed by atoms with van der Waals surface area (Å²) in [5, 5.41) is 0.408. The average molecular weight is 341 g/mol. The summed E-state index contributed by atoms with van der Waals surface area (Å²) in [6, 6.07) is 6.27. The number of benzene rings is 1. The number of nitrogens with zero attached hydrogens (tertiary/aromatic N) is 2. The van der Waals surface area contributed by atoms with E-state index in [-0.39, 0.29) is 11.7 Å². The van der Waals surface area contributed by atoms with E-state index in [0.717, 1.165) is 22.6 Å². The maximum atomic E-state index is 13.8. The minimum absolute atomic E-state index is 0.226. The fourth-order valence-corrected chi connectivity index (χ4v) is 2.97. The van der Waals surface area contributed by atoms with Crippen molar-refractivity contribution in [3.05, 3.63) is 58.8 Å². The highest BCUT2D eigenvalue weighted by atomic mass is 19.1. The first-order valence-corrected chi connectivity index (χ1v) is 7.94. The minimum atomic E-state index is -0.351. The van der Waals surface area contributed by atoms with E-state index >= 15 is 0 Å². The molecular formula is C19H20FN3O2. The monoisotopic (exact) mass is 341 g/mol. The van der Waals surface area contributed by atoms with Gasteiger partial charge in [0.1, 0.15) is 17.3 Å². The van der Waals surface area contributed by atoms with E-state index in [2.05, 4.69) is 9.97 Å². The largest absolute Gasteiger partial charge is 0.496 e. The second kappa shape index (κ2) is 6.55. The van der Waals surface area contributed by atoms with Crippen LogP contribution in [0.25, 0.3) is 10.9 Å². The fourth-order valence-electron chi connectivity index (χ4n) is 2.97. The molecule has 0 spiro atoms. The molecule has 0 atom stereocenters. The van der Waals surface area contributed by atoms with Crippen molar-refractivity contribution in [1.82, 2.24) is 14.9 Å². The molecule has 25 heavy (non-hydrogen) atoms. The highest BCUT2D eigenvalue weighted by molar-refractivity contribution is 5.98. The molecule has 2 heterocycles. The molecule has 0 saturated heterocycles. The molecule has 1 amide bonds. The number of ether oxygens (including phenoxy) is 1. The van der Waals surface area contributed by atoms with Crippen LogP contribution >= 0.6 is 0 Å². The number of aromatic nitrogens is 2. The van der Waals surface area contributed by atoms with Crippen LogP contribution in [0.3, 0.4) is 0 Å². The Morgan fingerprint density at radius 1 is 1.36 bits per heavy atom. The van der Waals surface area contributed by atoms with Gasteiger partial charge in [0.15, 0.2) is 0 Å². The number of aromatic amines is 1.